The van der Waals surface area contributed by atoms with Gasteiger partial charge in [-0.25, -0.2) is 9.59 Å². The summed E-state index contributed by atoms with van der Waals surface area (Å²) in [7, 11) is 4.72. The molecular weight excluding hydrogens is 997 g/mol. The molecule has 2 saturated heterocycles. The number of carbonyl (C=O) groups is 6. The molecule has 0 radical (unpaired) electrons. The summed E-state index contributed by atoms with van der Waals surface area (Å²) in [5.74, 6) is -2.71. The summed E-state index contributed by atoms with van der Waals surface area (Å²) in [6.07, 6.45) is 2.77. The lowest BCUT2D eigenvalue weighted by atomic mass is 9.73. The first kappa shape index (κ1) is 50.4. The monoisotopic (exact) mass is 1050 g/mol. The van der Waals surface area contributed by atoms with Gasteiger partial charge in [0.2, 0.25) is 13.6 Å². The fourth-order valence-electron chi connectivity index (χ4n) is 13.1. The van der Waals surface area contributed by atoms with Crippen molar-refractivity contribution in [1.82, 2.24) is 19.6 Å². The zero-order valence-electron chi connectivity index (χ0n) is 42.2. The number of hydrogen-bond donors (Lipinski definition) is 3. The van der Waals surface area contributed by atoms with Crippen molar-refractivity contribution in [1.29, 1.82) is 0 Å². The highest BCUT2D eigenvalue weighted by molar-refractivity contribution is 7.99. The molecule has 398 valence electrons. The van der Waals surface area contributed by atoms with Gasteiger partial charge in [0, 0.05) is 66.2 Å². The normalized spacial score (nSPS) is 28.5. The van der Waals surface area contributed by atoms with E-state index in [4.69, 9.17) is 37.9 Å². The lowest BCUT2D eigenvalue weighted by molar-refractivity contribution is -0.188. The van der Waals surface area contributed by atoms with Gasteiger partial charge in [-0.3, -0.25) is 38.8 Å². The molecule has 1 spiro atoms. The van der Waals surface area contributed by atoms with Crippen LogP contribution in [0.25, 0.3) is 0 Å². The molecule has 22 heteroatoms. The van der Waals surface area contributed by atoms with Gasteiger partial charge in [-0.05, 0) is 99.7 Å². The summed E-state index contributed by atoms with van der Waals surface area (Å²) in [6, 6.07) is 1.94. The number of hydrogen-bond acceptors (Lipinski definition) is 20. The van der Waals surface area contributed by atoms with Crippen LogP contribution in [-0.2, 0) is 56.6 Å². The van der Waals surface area contributed by atoms with Crippen molar-refractivity contribution in [2.45, 2.75) is 100 Å². The SMILES string of the molecule is COc1cc2c(cc1O)CCN(C(=O)OCOC(=O)C1CCC(CN3C(=O)C=CC3=O)CC1)[C@]21CS[C@@H]2c3c(OC(C)=O)c(C)c4c(c3[C@H](COC1=O)N1[C@@H]2[C@H]2c3c(cc(C)c(OC)c3O)C[C@@H]([C@@H]1O)N2C)OCO4. The second-order valence-electron chi connectivity index (χ2n) is 20.4. The minimum Gasteiger partial charge on any atom is -0.504 e. The number of carbonyl (C=O) groups excluding carboxylic acids is 6. The lowest BCUT2D eigenvalue weighted by Gasteiger charge is -2.62. The van der Waals surface area contributed by atoms with Crippen LogP contribution in [-0.4, -0.2) is 149 Å². The third-order valence-electron chi connectivity index (χ3n) is 16.6. The summed E-state index contributed by atoms with van der Waals surface area (Å²) in [5.41, 5.74) is 2.29. The maximum atomic E-state index is 15.6. The van der Waals surface area contributed by atoms with Crippen LogP contribution in [0.3, 0.4) is 0 Å². The number of ether oxygens (including phenoxy) is 8. The highest BCUT2D eigenvalue weighted by atomic mass is 32.2. The van der Waals surface area contributed by atoms with E-state index in [1.165, 1.54) is 67.0 Å². The molecule has 3 aromatic rings. The van der Waals surface area contributed by atoms with Gasteiger partial charge < -0.3 is 53.2 Å². The Morgan fingerprint density at radius 2 is 1.61 bits per heavy atom. The van der Waals surface area contributed by atoms with E-state index in [0.717, 1.165) is 5.56 Å². The first-order valence-electron chi connectivity index (χ1n) is 25.0. The van der Waals surface area contributed by atoms with Crippen molar-refractivity contribution in [3.63, 3.8) is 0 Å². The van der Waals surface area contributed by atoms with Crippen molar-refractivity contribution >= 4 is 47.6 Å². The number of aliphatic hydroxyl groups excluding tert-OH is 1. The van der Waals surface area contributed by atoms with Crippen molar-refractivity contribution in [3.8, 4) is 40.2 Å². The van der Waals surface area contributed by atoms with E-state index in [-0.39, 0.29) is 84.1 Å². The minimum atomic E-state index is -2.03. The predicted octanol–water partition coefficient (Wildman–Crippen LogP) is 4.49. The molecule has 75 heavy (non-hydrogen) atoms. The number of aliphatic hydroxyl groups is 1. The van der Waals surface area contributed by atoms with Gasteiger partial charge in [0.05, 0.1) is 43.5 Å². The number of imide groups is 1. The number of likely N-dealkylation sites (N-methyl/N-ethyl adjacent to an activating group) is 1. The molecule has 3 fully saturated rings. The third kappa shape index (κ3) is 7.91. The van der Waals surface area contributed by atoms with Crippen LogP contribution >= 0.6 is 11.8 Å². The van der Waals surface area contributed by atoms with Gasteiger partial charge >= 0.3 is 24.0 Å². The van der Waals surface area contributed by atoms with Crippen LogP contribution in [0.2, 0.25) is 0 Å². The van der Waals surface area contributed by atoms with Crippen molar-refractivity contribution in [2.24, 2.45) is 11.8 Å². The fraction of sp³-hybridized carbons (Fsp3) is 0.509. The lowest BCUT2D eigenvalue weighted by Crippen LogP contribution is -2.70. The van der Waals surface area contributed by atoms with E-state index >= 15 is 4.79 Å². The number of piperazine rings is 1. The summed E-state index contributed by atoms with van der Waals surface area (Å²) in [6.45, 7) is 3.63. The predicted molar refractivity (Wildman–Crippen MR) is 262 cm³/mol. The third-order valence-corrected chi connectivity index (χ3v) is 18.1. The van der Waals surface area contributed by atoms with Crippen LogP contribution in [0.1, 0.15) is 94.4 Å². The number of fused-ring (bicyclic) bond motifs is 9. The van der Waals surface area contributed by atoms with Gasteiger partial charge in [-0.15, -0.1) is 11.8 Å². The summed E-state index contributed by atoms with van der Waals surface area (Å²) in [4.78, 5) is 87.8. The first-order valence-corrected chi connectivity index (χ1v) is 26.1. The number of phenolic OH excluding ortho intramolecular Hbond substituents is 2. The molecule has 3 aromatic carbocycles. The molecular formula is C53H58N4O17S. The smallest absolute Gasteiger partial charge is 0.413 e. The second kappa shape index (κ2) is 19.1. The Morgan fingerprint density at radius 1 is 0.880 bits per heavy atom. The highest BCUT2D eigenvalue weighted by Gasteiger charge is 2.63. The Morgan fingerprint density at radius 3 is 2.32 bits per heavy atom. The largest absolute Gasteiger partial charge is 0.504 e. The number of rotatable bonds is 8. The van der Waals surface area contributed by atoms with Gasteiger partial charge in [0.1, 0.15) is 18.6 Å². The van der Waals surface area contributed by atoms with Crippen LogP contribution < -0.4 is 23.7 Å². The number of aryl methyl sites for hydroxylation is 1. The van der Waals surface area contributed by atoms with Crippen molar-refractivity contribution in [3.05, 3.63) is 74.9 Å². The number of benzene rings is 3. The molecule has 12 rings (SSSR count). The zero-order chi connectivity index (χ0) is 52.9. The molecule has 0 aromatic heterocycles. The van der Waals surface area contributed by atoms with Gasteiger partial charge in [0.25, 0.3) is 11.8 Å². The number of methoxy groups -OCH3 is 2. The van der Waals surface area contributed by atoms with E-state index in [1.807, 2.05) is 29.8 Å². The zero-order valence-corrected chi connectivity index (χ0v) is 43.1. The quantitative estimate of drug-likeness (QED) is 0.122. The first-order chi connectivity index (χ1) is 36.0. The summed E-state index contributed by atoms with van der Waals surface area (Å²) < 4.78 is 47.7. The number of amides is 3. The molecule has 4 bridgehead atoms. The fourth-order valence-corrected chi connectivity index (χ4v) is 14.9. The van der Waals surface area contributed by atoms with Gasteiger partial charge in [-0.1, -0.05) is 6.07 Å². The maximum Gasteiger partial charge on any atom is 0.413 e. The molecule has 21 nitrogen and oxygen atoms in total. The number of phenols is 2. The molecule has 7 atom stereocenters. The molecule has 1 saturated carbocycles. The highest BCUT2D eigenvalue weighted by Crippen LogP contribution is 2.65. The second-order valence-corrected chi connectivity index (χ2v) is 21.6. The molecule has 3 N–H and O–H groups in total. The Hall–Kier alpha value is -6.75. The average molecular weight is 1060 g/mol. The van der Waals surface area contributed by atoms with E-state index in [9.17, 15) is 39.3 Å². The van der Waals surface area contributed by atoms with E-state index in [0.29, 0.717) is 77.0 Å². The summed E-state index contributed by atoms with van der Waals surface area (Å²) in [5, 5.41) is 35.3. The molecule has 3 amide bonds. The van der Waals surface area contributed by atoms with Crippen LogP contribution in [0.15, 0.2) is 30.4 Å². The Labute approximate surface area is 435 Å². The Balaban J connectivity index is 0.986. The molecule has 1 aliphatic carbocycles. The van der Waals surface area contributed by atoms with E-state index in [1.54, 1.807) is 6.92 Å². The number of thioether (sulfide) groups is 1. The van der Waals surface area contributed by atoms with Crippen LogP contribution in [0.5, 0.6) is 40.2 Å². The summed E-state index contributed by atoms with van der Waals surface area (Å²) >= 11 is 1.23. The average Bonchev–Trinajstić information content (AvgIpc) is 4.01. The van der Waals surface area contributed by atoms with E-state index in [2.05, 4.69) is 0 Å². The van der Waals surface area contributed by atoms with Gasteiger partial charge in [0.15, 0.2) is 40.0 Å². The Kier molecular flexibility index (Phi) is 12.9. The minimum absolute atomic E-state index is 0.0114. The molecule has 8 heterocycles. The molecule has 0 unspecified atom stereocenters. The standard InChI is InChI=1S/C53H58N4O17S/c1-24-15-30-16-32-49(63)57-33-20-69-51(65)53(21-75-48(42(57)41(54(32)4)38(30)43(62)44(24)68-6)40-39(33)47-46(70-22-71-47)25(2)45(40)74-26(3)58)31-18-35(67-5)34(59)17-29(31)13-14-56(53)52(66)73-23-72-50(64)28-9-7-27(8-10-28)19-55-36(60)11-12-37(55)61/h11-12,15,17-18,27-28,32-33,41-42,48-49,59,62-63H,7-10,13-14,16,19-23H2,1-6H3/t27?,28?,32-,33-,41+,42+,48+,49-,53+/m0/s1. The maximum absolute atomic E-state index is 15.6. The van der Waals surface area contributed by atoms with Crippen molar-refractivity contribution in [2.75, 3.05) is 60.3 Å². The number of aromatic hydroxyl groups is 2. The van der Waals surface area contributed by atoms with E-state index < -0.39 is 84.5 Å². The van der Waals surface area contributed by atoms with Crippen molar-refractivity contribution < 1.29 is 82.0 Å². The molecule has 8 aliphatic heterocycles. The number of esters is 3. The van der Waals surface area contributed by atoms with Crippen LogP contribution in [0, 0.1) is 25.7 Å². The van der Waals surface area contributed by atoms with Crippen LogP contribution in [0.4, 0.5) is 4.79 Å². The van der Waals surface area contributed by atoms with Gasteiger partial charge in [-0.2, -0.15) is 0 Å². The number of nitrogens with zero attached hydrogens (tertiary/aromatic N) is 4. The molecule has 9 aliphatic rings. The Bertz CT molecular complexity index is 2960. The topological polar surface area (TPSA) is 250 Å².